The Kier molecular flexibility index (Phi) is 3.76. The molecule has 1 aromatic carbocycles. The maximum atomic E-state index is 11.8. The largest absolute Gasteiger partial charge is 0.379 e. The van der Waals surface area contributed by atoms with E-state index in [0.29, 0.717) is 5.69 Å². The Balaban J connectivity index is 2.04. The number of nitrogen functional groups attached to an aromatic ring is 1. The first kappa shape index (κ1) is 13.0. The zero-order valence-corrected chi connectivity index (χ0v) is 10.8. The highest BCUT2D eigenvalue weighted by Gasteiger charge is 2.15. The lowest BCUT2D eigenvalue weighted by molar-refractivity contribution is 0.101. The van der Waals surface area contributed by atoms with Crippen molar-refractivity contribution in [2.24, 2.45) is 0 Å². The second-order valence-electron chi connectivity index (χ2n) is 4.39. The second kappa shape index (κ2) is 5.49. The minimum atomic E-state index is -0.445. The van der Waals surface area contributed by atoms with E-state index >= 15 is 0 Å². The van der Waals surface area contributed by atoms with E-state index in [-0.39, 0.29) is 11.5 Å². The third kappa shape index (κ3) is 3.29. The molecule has 7 nitrogen and oxygen atoms in total. The van der Waals surface area contributed by atoms with E-state index in [2.05, 4.69) is 25.2 Å². The molecule has 0 fully saturated rings. The molecule has 0 spiro atoms. The predicted molar refractivity (Wildman–Crippen MR) is 70.5 cm³/mol. The van der Waals surface area contributed by atoms with Gasteiger partial charge in [-0.1, -0.05) is 12.1 Å². The molecular weight excluding hydrogens is 246 g/mol. The van der Waals surface area contributed by atoms with Gasteiger partial charge < -0.3 is 16.0 Å². The van der Waals surface area contributed by atoms with Gasteiger partial charge in [-0.05, 0) is 42.1 Å². The van der Waals surface area contributed by atoms with Gasteiger partial charge in [-0.15, -0.1) is 0 Å². The van der Waals surface area contributed by atoms with Gasteiger partial charge >= 0.3 is 0 Å². The molecule has 0 radical (unpaired) electrons. The van der Waals surface area contributed by atoms with Gasteiger partial charge in [0.1, 0.15) is 0 Å². The van der Waals surface area contributed by atoms with Crippen molar-refractivity contribution in [1.82, 2.24) is 15.2 Å². The highest BCUT2D eigenvalue weighted by Crippen LogP contribution is 2.13. The Morgan fingerprint density at radius 1 is 1.32 bits per heavy atom. The Hall–Kier alpha value is -2.41. The van der Waals surface area contributed by atoms with Gasteiger partial charge in [0.05, 0.1) is 0 Å². The van der Waals surface area contributed by atoms with E-state index in [1.54, 1.807) is 0 Å². The zero-order valence-electron chi connectivity index (χ0n) is 10.8. The molecule has 0 aliphatic rings. The third-order valence-corrected chi connectivity index (χ3v) is 2.44. The van der Waals surface area contributed by atoms with E-state index in [9.17, 15) is 4.79 Å². The molecule has 1 heterocycles. The first-order valence-corrected chi connectivity index (χ1v) is 5.69. The Morgan fingerprint density at radius 3 is 2.53 bits per heavy atom. The van der Waals surface area contributed by atoms with Gasteiger partial charge in [-0.25, -0.2) is 4.63 Å². The summed E-state index contributed by atoms with van der Waals surface area (Å²) in [5.41, 5.74) is 7.24. The number of hydrogen-bond donors (Lipinski definition) is 2. The first-order valence-electron chi connectivity index (χ1n) is 5.69. The molecule has 0 atom stereocenters. The highest BCUT2D eigenvalue weighted by atomic mass is 16.6. The second-order valence-corrected chi connectivity index (χ2v) is 4.39. The van der Waals surface area contributed by atoms with Crippen LogP contribution in [0.4, 0.5) is 11.5 Å². The van der Waals surface area contributed by atoms with Crippen molar-refractivity contribution in [3.63, 3.8) is 0 Å². The van der Waals surface area contributed by atoms with Crippen molar-refractivity contribution in [2.75, 3.05) is 25.1 Å². The van der Waals surface area contributed by atoms with Crippen LogP contribution in [-0.2, 0) is 6.54 Å². The minimum Gasteiger partial charge on any atom is -0.379 e. The van der Waals surface area contributed by atoms with Crippen LogP contribution in [0.15, 0.2) is 28.9 Å². The number of amides is 1. The molecule has 19 heavy (non-hydrogen) atoms. The van der Waals surface area contributed by atoms with Crippen LogP contribution < -0.4 is 11.1 Å². The highest BCUT2D eigenvalue weighted by molar-refractivity contribution is 6.05. The molecule has 100 valence electrons. The van der Waals surface area contributed by atoms with Crippen molar-refractivity contribution in [2.45, 2.75) is 6.54 Å². The molecule has 7 heteroatoms. The average molecular weight is 261 g/mol. The lowest BCUT2D eigenvalue weighted by Gasteiger charge is -2.10. The Morgan fingerprint density at radius 2 is 2.00 bits per heavy atom. The third-order valence-electron chi connectivity index (χ3n) is 2.44. The number of benzene rings is 1. The van der Waals surface area contributed by atoms with E-state index < -0.39 is 5.91 Å². The predicted octanol–water partition coefficient (Wildman–Crippen LogP) is 0.966. The molecule has 3 N–H and O–H groups in total. The van der Waals surface area contributed by atoms with Crippen LogP contribution in [0.3, 0.4) is 0 Å². The zero-order chi connectivity index (χ0) is 13.8. The summed E-state index contributed by atoms with van der Waals surface area (Å²) in [6, 6.07) is 7.53. The minimum absolute atomic E-state index is 0.0163. The summed E-state index contributed by atoms with van der Waals surface area (Å²) in [6.07, 6.45) is 0. The molecule has 0 saturated carbocycles. The van der Waals surface area contributed by atoms with Gasteiger partial charge in [0, 0.05) is 12.2 Å². The molecule has 0 bridgehead atoms. The number of nitrogens with two attached hydrogens (primary N) is 1. The van der Waals surface area contributed by atoms with Crippen LogP contribution in [0.5, 0.6) is 0 Å². The van der Waals surface area contributed by atoms with Crippen molar-refractivity contribution >= 4 is 17.4 Å². The van der Waals surface area contributed by atoms with Gasteiger partial charge in [0.25, 0.3) is 5.91 Å². The lowest BCUT2D eigenvalue weighted by Crippen LogP contribution is -2.14. The summed E-state index contributed by atoms with van der Waals surface area (Å²) in [5, 5.41) is 9.46. The van der Waals surface area contributed by atoms with Gasteiger partial charge in [0.15, 0.2) is 0 Å². The van der Waals surface area contributed by atoms with Crippen LogP contribution in [0.1, 0.15) is 16.1 Å². The Labute approximate surface area is 110 Å². The standard InChI is InChI=1S/C12H15N5O2/c1-17(2)7-8-3-5-9(6-4-8)14-12(18)10-11(13)16-19-15-10/h3-6H,7H2,1-2H3,(H2,13,16)(H,14,18). The summed E-state index contributed by atoms with van der Waals surface area (Å²) in [5.74, 6) is -0.471. The molecule has 1 aromatic heterocycles. The lowest BCUT2D eigenvalue weighted by atomic mass is 10.2. The number of aromatic nitrogens is 2. The van der Waals surface area contributed by atoms with Crippen LogP contribution in [-0.4, -0.2) is 35.2 Å². The molecule has 0 saturated heterocycles. The monoisotopic (exact) mass is 261 g/mol. The molecule has 1 amide bonds. The van der Waals surface area contributed by atoms with Crippen LogP contribution >= 0.6 is 0 Å². The number of anilines is 2. The quantitative estimate of drug-likeness (QED) is 0.851. The molecule has 2 rings (SSSR count). The normalized spacial score (nSPS) is 10.7. The van der Waals surface area contributed by atoms with Crippen molar-refractivity contribution < 1.29 is 9.42 Å². The molecule has 0 aliphatic heterocycles. The summed E-state index contributed by atoms with van der Waals surface area (Å²) in [6.45, 7) is 0.842. The maximum absolute atomic E-state index is 11.8. The Bertz CT molecular complexity index is 562. The van der Waals surface area contributed by atoms with Crippen LogP contribution in [0.2, 0.25) is 0 Å². The average Bonchev–Trinajstić information content (AvgIpc) is 2.77. The van der Waals surface area contributed by atoms with E-state index in [1.165, 1.54) is 0 Å². The summed E-state index contributed by atoms with van der Waals surface area (Å²) in [4.78, 5) is 13.9. The van der Waals surface area contributed by atoms with Crippen molar-refractivity contribution in [1.29, 1.82) is 0 Å². The molecule has 0 unspecified atom stereocenters. The van der Waals surface area contributed by atoms with Crippen LogP contribution in [0.25, 0.3) is 0 Å². The molecule has 2 aromatic rings. The summed E-state index contributed by atoms with van der Waals surface area (Å²) >= 11 is 0. The number of nitrogens with one attached hydrogen (secondary N) is 1. The summed E-state index contributed by atoms with van der Waals surface area (Å²) < 4.78 is 4.38. The fourth-order valence-electron chi connectivity index (χ4n) is 1.60. The maximum Gasteiger partial charge on any atom is 0.281 e. The molecule has 0 aliphatic carbocycles. The van der Waals surface area contributed by atoms with Crippen molar-refractivity contribution in [3.05, 3.63) is 35.5 Å². The fourth-order valence-corrected chi connectivity index (χ4v) is 1.60. The topological polar surface area (TPSA) is 97.3 Å². The number of carbonyl (C=O) groups is 1. The summed E-state index contributed by atoms with van der Waals surface area (Å²) in [7, 11) is 3.99. The SMILES string of the molecule is CN(C)Cc1ccc(NC(=O)c2nonc2N)cc1. The smallest absolute Gasteiger partial charge is 0.281 e. The van der Waals surface area contributed by atoms with Gasteiger partial charge in [-0.3, -0.25) is 4.79 Å². The van der Waals surface area contributed by atoms with E-state index in [0.717, 1.165) is 12.1 Å². The fraction of sp³-hybridized carbons (Fsp3) is 0.250. The number of carbonyl (C=O) groups excluding carboxylic acids is 1. The van der Waals surface area contributed by atoms with Crippen LogP contribution in [0, 0.1) is 0 Å². The molecular formula is C12H15N5O2. The number of nitrogens with zero attached hydrogens (tertiary/aromatic N) is 3. The number of hydrogen-bond acceptors (Lipinski definition) is 6. The first-order chi connectivity index (χ1) is 9.06. The van der Waals surface area contributed by atoms with Gasteiger partial charge in [0.2, 0.25) is 11.5 Å². The van der Waals surface area contributed by atoms with E-state index in [4.69, 9.17) is 5.73 Å². The van der Waals surface area contributed by atoms with Gasteiger partial charge in [-0.2, -0.15) is 0 Å². The van der Waals surface area contributed by atoms with E-state index in [1.807, 2.05) is 38.4 Å². The van der Waals surface area contributed by atoms with Crippen molar-refractivity contribution in [3.8, 4) is 0 Å². The number of rotatable bonds is 4.